The molecule has 0 unspecified atom stereocenters. The topological polar surface area (TPSA) is 59.5 Å². The van der Waals surface area contributed by atoms with Crippen molar-refractivity contribution in [3.05, 3.63) is 58.5 Å². The number of benzene rings is 1. The Labute approximate surface area is 150 Å². The number of halogens is 3. The van der Waals surface area contributed by atoms with Gasteiger partial charge in [0.2, 0.25) is 0 Å². The molecule has 0 bridgehead atoms. The Hall–Kier alpha value is -2.28. The van der Waals surface area contributed by atoms with Gasteiger partial charge in [0.05, 0.1) is 5.56 Å². The van der Waals surface area contributed by atoms with Crippen LogP contribution in [0, 0.1) is 0 Å². The first-order valence-corrected chi connectivity index (χ1v) is 8.15. The highest BCUT2D eigenvalue weighted by atomic mass is 19.4. The molecule has 2 aromatic rings. The second-order valence-corrected chi connectivity index (χ2v) is 7.45. The maximum absolute atomic E-state index is 12.8. The molecule has 26 heavy (non-hydrogen) atoms. The Bertz CT molecular complexity index is 789. The molecule has 0 aliphatic rings. The number of primary amides is 1. The van der Waals surface area contributed by atoms with E-state index in [-0.39, 0.29) is 11.2 Å². The number of nitrogens with zero attached hydrogens (tertiary/aromatic N) is 1. The average Bonchev–Trinajstić information content (AvgIpc) is 2.90. The minimum Gasteiger partial charge on any atom is -0.455 e. The van der Waals surface area contributed by atoms with E-state index in [0.717, 1.165) is 17.7 Å². The van der Waals surface area contributed by atoms with Crippen LogP contribution in [0.25, 0.3) is 0 Å². The molecule has 1 aromatic heterocycles. The number of carbonyl (C=O) groups is 1. The lowest BCUT2D eigenvalue weighted by molar-refractivity contribution is -0.137. The number of alkyl halides is 3. The minimum absolute atomic E-state index is 0.0809. The van der Waals surface area contributed by atoms with Crippen molar-refractivity contribution in [2.24, 2.45) is 5.73 Å². The molecule has 1 aromatic carbocycles. The third-order valence-corrected chi connectivity index (χ3v) is 3.88. The Morgan fingerprint density at radius 2 is 1.81 bits per heavy atom. The molecule has 0 aliphatic heterocycles. The molecule has 142 valence electrons. The van der Waals surface area contributed by atoms with E-state index in [4.69, 9.17) is 10.2 Å². The standard InChI is InChI=1S/C19H23F3N2O2/c1-18(2,3)16-13(9-15(26-16)17(23)25)11-24(4)10-12-6-5-7-14(8-12)19(20,21)22/h5-9H,10-11H2,1-4H3,(H2,23,25). The second kappa shape index (κ2) is 7.15. The Morgan fingerprint density at radius 3 is 2.35 bits per heavy atom. The lowest BCUT2D eigenvalue weighted by Crippen LogP contribution is -2.20. The zero-order valence-corrected chi connectivity index (χ0v) is 15.3. The fourth-order valence-electron chi connectivity index (χ4n) is 2.81. The van der Waals surface area contributed by atoms with Gasteiger partial charge in [-0.1, -0.05) is 39.0 Å². The van der Waals surface area contributed by atoms with Gasteiger partial charge in [0, 0.05) is 24.1 Å². The van der Waals surface area contributed by atoms with E-state index in [1.54, 1.807) is 19.2 Å². The number of carbonyl (C=O) groups excluding carboxylic acids is 1. The summed E-state index contributed by atoms with van der Waals surface area (Å²) in [5.41, 5.74) is 5.64. The van der Waals surface area contributed by atoms with E-state index in [2.05, 4.69) is 0 Å². The van der Waals surface area contributed by atoms with Gasteiger partial charge in [-0.3, -0.25) is 9.69 Å². The zero-order chi connectivity index (χ0) is 19.7. The van der Waals surface area contributed by atoms with Crippen LogP contribution in [0.2, 0.25) is 0 Å². The second-order valence-electron chi connectivity index (χ2n) is 7.45. The van der Waals surface area contributed by atoms with Crippen LogP contribution >= 0.6 is 0 Å². The van der Waals surface area contributed by atoms with Gasteiger partial charge in [0.1, 0.15) is 5.76 Å². The van der Waals surface area contributed by atoms with Crippen molar-refractivity contribution in [2.45, 2.75) is 45.5 Å². The van der Waals surface area contributed by atoms with Gasteiger partial charge < -0.3 is 10.2 Å². The van der Waals surface area contributed by atoms with Crippen LogP contribution in [0.4, 0.5) is 13.2 Å². The molecule has 0 spiro atoms. The summed E-state index contributed by atoms with van der Waals surface area (Å²) >= 11 is 0. The van der Waals surface area contributed by atoms with E-state index in [1.807, 2.05) is 25.7 Å². The SMILES string of the molecule is CN(Cc1cccc(C(F)(F)F)c1)Cc1cc(C(N)=O)oc1C(C)(C)C. The summed E-state index contributed by atoms with van der Waals surface area (Å²) < 4.78 is 44.1. The average molecular weight is 368 g/mol. The lowest BCUT2D eigenvalue weighted by Gasteiger charge is -2.21. The molecular formula is C19H23F3N2O2. The van der Waals surface area contributed by atoms with Crippen molar-refractivity contribution in [2.75, 3.05) is 7.05 Å². The minimum atomic E-state index is -4.37. The van der Waals surface area contributed by atoms with Gasteiger partial charge >= 0.3 is 6.18 Å². The molecular weight excluding hydrogens is 345 g/mol. The van der Waals surface area contributed by atoms with Crippen LogP contribution in [-0.4, -0.2) is 17.9 Å². The summed E-state index contributed by atoms with van der Waals surface area (Å²) in [6.07, 6.45) is -4.37. The predicted octanol–water partition coefficient (Wildman–Crippen LogP) is 4.33. The number of hydrogen-bond donors (Lipinski definition) is 1. The summed E-state index contributed by atoms with van der Waals surface area (Å²) in [4.78, 5) is 13.3. The highest BCUT2D eigenvalue weighted by Gasteiger charge is 2.30. The van der Waals surface area contributed by atoms with E-state index < -0.39 is 17.6 Å². The lowest BCUT2D eigenvalue weighted by atomic mass is 9.90. The summed E-state index contributed by atoms with van der Waals surface area (Å²) in [6.45, 7) is 6.59. The van der Waals surface area contributed by atoms with Gasteiger partial charge in [0.25, 0.3) is 5.91 Å². The molecule has 0 atom stereocenters. The zero-order valence-electron chi connectivity index (χ0n) is 15.3. The molecule has 1 heterocycles. The maximum atomic E-state index is 12.8. The monoisotopic (exact) mass is 368 g/mol. The number of rotatable bonds is 5. The van der Waals surface area contributed by atoms with Gasteiger partial charge in [-0.2, -0.15) is 13.2 Å². The quantitative estimate of drug-likeness (QED) is 0.855. The molecule has 0 saturated carbocycles. The summed E-state index contributed by atoms with van der Waals surface area (Å²) in [6, 6.07) is 6.85. The Balaban J connectivity index is 2.20. The fraction of sp³-hybridized carbons (Fsp3) is 0.421. The normalized spacial score (nSPS) is 12.6. The van der Waals surface area contributed by atoms with E-state index in [9.17, 15) is 18.0 Å². The molecule has 0 saturated heterocycles. The van der Waals surface area contributed by atoms with Gasteiger partial charge in [0.15, 0.2) is 5.76 Å². The molecule has 2 N–H and O–H groups in total. The summed E-state index contributed by atoms with van der Waals surface area (Å²) in [7, 11) is 1.80. The summed E-state index contributed by atoms with van der Waals surface area (Å²) in [5, 5.41) is 0. The van der Waals surface area contributed by atoms with Gasteiger partial charge in [-0.25, -0.2) is 0 Å². The van der Waals surface area contributed by atoms with Crippen LogP contribution in [0.5, 0.6) is 0 Å². The van der Waals surface area contributed by atoms with Crippen molar-refractivity contribution in [1.29, 1.82) is 0 Å². The van der Waals surface area contributed by atoms with Crippen molar-refractivity contribution in [1.82, 2.24) is 4.90 Å². The van der Waals surface area contributed by atoms with Crippen molar-refractivity contribution >= 4 is 5.91 Å². The van der Waals surface area contributed by atoms with E-state index in [1.165, 1.54) is 6.07 Å². The molecule has 2 rings (SSSR count). The number of hydrogen-bond acceptors (Lipinski definition) is 3. The molecule has 0 radical (unpaired) electrons. The van der Waals surface area contributed by atoms with E-state index in [0.29, 0.717) is 24.4 Å². The van der Waals surface area contributed by atoms with Crippen molar-refractivity contribution in [3.63, 3.8) is 0 Å². The molecule has 1 amide bonds. The largest absolute Gasteiger partial charge is 0.455 e. The first kappa shape index (κ1) is 20.0. The van der Waals surface area contributed by atoms with Crippen molar-refractivity contribution < 1.29 is 22.4 Å². The molecule has 0 fully saturated rings. The number of furan rings is 1. The highest BCUT2D eigenvalue weighted by Crippen LogP contribution is 2.31. The number of nitrogens with two attached hydrogens (primary N) is 1. The van der Waals surface area contributed by atoms with Crippen LogP contribution in [0.15, 0.2) is 34.7 Å². The molecule has 4 nitrogen and oxygen atoms in total. The van der Waals surface area contributed by atoms with Gasteiger partial charge in [-0.05, 0) is 24.7 Å². The van der Waals surface area contributed by atoms with Crippen LogP contribution in [-0.2, 0) is 24.7 Å². The third-order valence-electron chi connectivity index (χ3n) is 3.88. The summed E-state index contributed by atoms with van der Waals surface area (Å²) in [5.74, 6) is 0.0712. The third kappa shape index (κ3) is 4.88. The van der Waals surface area contributed by atoms with Crippen LogP contribution < -0.4 is 5.73 Å². The van der Waals surface area contributed by atoms with Crippen LogP contribution in [0.1, 0.15) is 53.8 Å². The first-order valence-electron chi connectivity index (χ1n) is 8.15. The molecule has 0 aliphatic carbocycles. The highest BCUT2D eigenvalue weighted by molar-refractivity contribution is 5.90. The number of amides is 1. The fourth-order valence-corrected chi connectivity index (χ4v) is 2.81. The van der Waals surface area contributed by atoms with E-state index >= 15 is 0 Å². The predicted molar refractivity (Wildman–Crippen MR) is 92.5 cm³/mol. The Kier molecular flexibility index (Phi) is 5.51. The Morgan fingerprint density at radius 1 is 1.15 bits per heavy atom. The molecule has 7 heteroatoms. The van der Waals surface area contributed by atoms with Gasteiger partial charge in [-0.15, -0.1) is 0 Å². The van der Waals surface area contributed by atoms with Crippen molar-refractivity contribution in [3.8, 4) is 0 Å². The maximum Gasteiger partial charge on any atom is 0.416 e. The smallest absolute Gasteiger partial charge is 0.416 e. The van der Waals surface area contributed by atoms with Crippen LogP contribution in [0.3, 0.4) is 0 Å². The first-order chi connectivity index (χ1) is 11.9.